The molecule has 1 atom stereocenters. The highest BCUT2D eigenvalue weighted by molar-refractivity contribution is 5.20. The van der Waals surface area contributed by atoms with E-state index in [1.54, 1.807) is 0 Å². The van der Waals surface area contributed by atoms with Gasteiger partial charge in [0.2, 0.25) is 0 Å². The summed E-state index contributed by atoms with van der Waals surface area (Å²) < 4.78 is 0. The van der Waals surface area contributed by atoms with Crippen molar-refractivity contribution in [3.8, 4) is 0 Å². The van der Waals surface area contributed by atoms with Crippen molar-refractivity contribution in [1.29, 1.82) is 0 Å². The summed E-state index contributed by atoms with van der Waals surface area (Å²) >= 11 is 0. The molecule has 1 aliphatic rings. The molecule has 1 aliphatic heterocycles. The lowest BCUT2D eigenvalue weighted by molar-refractivity contribution is 0.0881. The van der Waals surface area contributed by atoms with Crippen LogP contribution in [0.4, 0.5) is 0 Å². The van der Waals surface area contributed by atoms with Crippen molar-refractivity contribution >= 4 is 0 Å². The summed E-state index contributed by atoms with van der Waals surface area (Å²) in [5.41, 5.74) is 7.01. The van der Waals surface area contributed by atoms with Crippen LogP contribution in [0.2, 0.25) is 0 Å². The maximum Gasteiger partial charge on any atom is 0.0475 e. The van der Waals surface area contributed by atoms with Gasteiger partial charge in [0.25, 0.3) is 0 Å². The van der Waals surface area contributed by atoms with Gasteiger partial charge in [-0.2, -0.15) is 0 Å². The maximum absolute atomic E-state index is 5.54. The van der Waals surface area contributed by atoms with Crippen molar-refractivity contribution < 1.29 is 0 Å². The number of piperazine rings is 1. The first-order chi connectivity index (χ1) is 10.3. The number of rotatable bonds is 8. The molecule has 3 heteroatoms. The normalized spacial score (nSPS) is 20.8. The van der Waals surface area contributed by atoms with Crippen molar-refractivity contribution in [1.82, 2.24) is 9.80 Å². The van der Waals surface area contributed by atoms with Gasteiger partial charge in [0, 0.05) is 25.7 Å². The van der Waals surface area contributed by atoms with Crippen LogP contribution in [0.15, 0.2) is 30.3 Å². The van der Waals surface area contributed by atoms with Crippen molar-refractivity contribution in [2.75, 3.05) is 39.8 Å². The predicted molar refractivity (Wildman–Crippen MR) is 90.4 cm³/mol. The molecule has 1 aromatic carbocycles. The number of likely N-dealkylation sites (N-methyl/N-ethyl adjacent to an activating group) is 1. The second-order valence-corrected chi connectivity index (χ2v) is 6.28. The SMILES string of the molecule is CN1CCN(CCCCCCCN)C(c2ccccc2)C1. The van der Waals surface area contributed by atoms with E-state index >= 15 is 0 Å². The third kappa shape index (κ3) is 5.42. The molecular weight excluding hydrogens is 258 g/mol. The van der Waals surface area contributed by atoms with Crippen LogP contribution in [0.25, 0.3) is 0 Å². The second-order valence-electron chi connectivity index (χ2n) is 6.28. The number of hydrogen-bond donors (Lipinski definition) is 1. The van der Waals surface area contributed by atoms with Crippen LogP contribution in [0.5, 0.6) is 0 Å². The van der Waals surface area contributed by atoms with E-state index < -0.39 is 0 Å². The first-order valence-electron chi connectivity index (χ1n) is 8.49. The van der Waals surface area contributed by atoms with Crippen LogP contribution in [0, 0.1) is 0 Å². The fourth-order valence-electron chi connectivity index (χ4n) is 3.21. The zero-order valence-corrected chi connectivity index (χ0v) is 13.5. The van der Waals surface area contributed by atoms with Gasteiger partial charge in [0.15, 0.2) is 0 Å². The van der Waals surface area contributed by atoms with E-state index in [0.717, 1.165) is 13.1 Å². The Morgan fingerprint density at radius 1 is 1.00 bits per heavy atom. The molecule has 0 spiro atoms. The summed E-state index contributed by atoms with van der Waals surface area (Å²) in [5.74, 6) is 0. The average molecular weight is 289 g/mol. The molecule has 1 saturated heterocycles. The van der Waals surface area contributed by atoms with Gasteiger partial charge in [0.05, 0.1) is 0 Å². The van der Waals surface area contributed by atoms with Crippen molar-refractivity contribution in [3.05, 3.63) is 35.9 Å². The quantitative estimate of drug-likeness (QED) is 0.747. The fourth-order valence-corrected chi connectivity index (χ4v) is 3.21. The summed E-state index contributed by atoms with van der Waals surface area (Å²) in [6, 6.07) is 11.5. The van der Waals surface area contributed by atoms with Crippen LogP contribution < -0.4 is 5.73 Å². The lowest BCUT2D eigenvalue weighted by Crippen LogP contribution is -2.47. The summed E-state index contributed by atoms with van der Waals surface area (Å²) in [5, 5.41) is 0. The molecule has 1 fully saturated rings. The van der Waals surface area contributed by atoms with E-state index in [2.05, 4.69) is 47.2 Å². The Bertz CT molecular complexity index is 379. The minimum absolute atomic E-state index is 0.564. The Labute approximate surface area is 130 Å². The second kappa shape index (κ2) is 9.19. The molecule has 1 aromatic rings. The maximum atomic E-state index is 5.54. The van der Waals surface area contributed by atoms with E-state index in [1.807, 2.05) is 0 Å². The Kier molecular flexibility index (Phi) is 7.20. The highest BCUT2D eigenvalue weighted by atomic mass is 15.3. The average Bonchev–Trinajstić information content (AvgIpc) is 2.53. The molecule has 118 valence electrons. The molecule has 1 unspecified atom stereocenters. The predicted octanol–water partition coefficient (Wildman–Crippen LogP) is 2.88. The first kappa shape index (κ1) is 16.5. The Hall–Kier alpha value is -0.900. The van der Waals surface area contributed by atoms with E-state index in [9.17, 15) is 0 Å². The molecule has 21 heavy (non-hydrogen) atoms. The number of unbranched alkanes of at least 4 members (excludes halogenated alkanes) is 4. The van der Waals surface area contributed by atoms with Gasteiger partial charge in [-0.3, -0.25) is 4.90 Å². The largest absolute Gasteiger partial charge is 0.330 e. The molecule has 0 bridgehead atoms. The number of nitrogens with zero attached hydrogens (tertiary/aromatic N) is 2. The minimum atomic E-state index is 0.564. The molecule has 0 aromatic heterocycles. The Balaban J connectivity index is 1.81. The van der Waals surface area contributed by atoms with Crippen LogP contribution in [-0.2, 0) is 0 Å². The summed E-state index contributed by atoms with van der Waals surface area (Å²) in [6.45, 7) is 5.61. The highest BCUT2D eigenvalue weighted by Crippen LogP contribution is 2.25. The Morgan fingerprint density at radius 3 is 2.48 bits per heavy atom. The number of nitrogens with two attached hydrogens (primary N) is 1. The van der Waals surface area contributed by atoms with Gasteiger partial charge in [0.1, 0.15) is 0 Å². The molecule has 3 nitrogen and oxygen atoms in total. The zero-order chi connectivity index (χ0) is 14.9. The molecular formula is C18H31N3. The van der Waals surface area contributed by atoms with Crippen LogP contribution in [0.3, 0.4) is 0 Å². The van der Waals surface area contributed by atoms with Crippen molar-refractivity contribution in [2.24, 2.45) is 5.73 Å². The van der Waals surface area contributed by atoms with Crippen molar-refractivity contribution in [3.63, 3.8) is 0 Å². The van der Waals surface area contributed by atoms with E-state index in [1.165, 1.54) is 57.3 Å². The number of benzene rings is 1. The molecule has 0 saturated carbocycles. The Morgan fingerprint density at radius 2 is 1.71 bits per heavy atom. The highest BCUT2D eigenvalue weighted by Gasteiger charge is 2.25. The molecule has 2 rings (SSSR count). The molecule has 0 aliphatic carbocycles. The zero-order valence-electron chi connectivity index (χ0n) is 13.5. The van der Waals surface area contributed by atoms with E-state index in [-0.39, 0.29) is 0 Å². The summed E-state index contributed by atoms with van der Waals surface area (Å²) in [7, 11) is 2.24. The first-order valence-corrected chi connectivity index (χ1v) is 8.49. The lowest BCUT2D eigenvalue weighted by atomic mass is 10.0. The van der Waals surface area contributed by atoms with E-state index in [4.69, 9.17) is 5.73 Å². The molecule has 0 amide bonds. The summed E-state index contributed by atoms with van der Waals surface area (Å²) in [4.78, 5) is 5.13. The molecule has 1 heterocycles. The van der Waals surface area contributed by atoms with Gasteiger partial charge < -0.3 is 10.6 Å². The van der Waals surface area contributed by atoms with Crippen molar-refractivity contribution in [2.45, 2.75) is 38.1 Å². The number of hydrogen-bond acceptors (Lipinski definition) is 3. The smallest absolute Gasteiger partial charge is 0.0475 e. The van der Waals surface area contributed by atoms with Gasteiger partial charge in [-0.1, -0.05) is 49.6 Å². The standard InChI is InChI=1S/C18H31N3/c1-20-14-15-21(13-9-4-2-3-8-12-19)18(16-20)17-10-6-5-7-11-17/h5-7,10-11,18H,2-4,8-9,12-16,19H2,1H3. The van der Waals surface area contributed by atoms with Gasteiger partial charge >= 0.3 is 0 Å². The summed E-state index contributed by atoms with van der Waals surface area (Å²) in [6.07, 6.45) is 6.47. The van der Waals surface area contributed by atoms with Crippen LogP contribution >= 0.6 is 0 Å². The third-order valence-electron chi connectivity index (χ3n) is 4.53. The third-order valence-corrected chi connectivity index (χ3v) is 4.53. The topological polar surface area (TPSA) is 32.5 Å². The fraction of sp³-hybridized carbons (Fsp3) is 0.667. The monoisotopic (exact) mass is 289 g/mol. The van der Waals surface area contributed by atoms with Crippen LogP contribution in [-0.4, -0.2) is 49.6 Å². The van der Waals surface area contributed by atoms with Gasteiger partial charge in [-0.25, -0.2) is 0 Å². The van der Waals surface area contributed by atoms with Gasteiger partial charge in [-0.05, 0) is 38.5 Å². The molecule has 2 N–H and O–H groups in total. The molecule has 0 radical (unpaired) electrons. The van der Waals surface area contributed by atoms with Gasteiger partial charge in [-0.15, -0.1) is 0 Å². The van der Waals surface area contributed by atoms with E-state index in [0.29, 0.717) is 6.04 Å². The minimum Gasteiger partial charge on any atom is -0.330 e. The lowest BCUT2D eigenvalue weighted by Gasteiger charge is -2.40. The van der Waals surface area contributed by atoms with Crippen LogP contribution in [0.1, 0.15) is 43.7 Å².